The molecular formula is C27H33NO. The van der Waals surface area contributed by atoms with Crippen molar-refractivity contribution in [3.63, 3.8) is 0 Å². The molecule has 1 unspecified atom stereocenters. The fourth-order valence-electron chi connectivity index (χ4n) is 4.37. The van der Waals surface area contributed by atoms with Gasteiger partial charge in [-0.2, -0.15) is 0 Å². The Hall–Kier alpha value is -2.32. The molecule has 0 saturated carbocycles. The molecule has 2 heteroatoms. The minimum atomic E-state index is 0.717. The van der Waals surface area contributed by atoms with Gasteiger partial charge >= 0.3 is 0 Å². The Bertz CT molecular complexity index is 905. The minimum absolute atomic E-state index is 0.717. The van der Waals surface area contributed by atoms with Gasteiger partial charge < -0.3 is 4.74 Å². The largest absolute Gasteiger partial charge is 0.494 e. The molecule has 0 aromatic heterocycles. The average Bonchev–Trinajstić information content (AvgIpc) is 3.15. The van der Waals surface area contributed by atoms with Gasteiger partial charge in [0.2, 0.25) is 0 Å². The van der Waals surface area contributed by atoms with E-state index in [2.05, 4.69) is 78.6 Å². The van der Waals surface area contributed by atoms with E-state index in [9.17, 15) is 0 Å². The summed E-state index contributed by atoms with van der Waals surface area (Å²) >= 11 is 0. The lowest BCUT2D eigenvalue weighted by Gasteiger charge is -2.21. The van der Waals surface area contributed by atoms with Gasteiger partial charge in [0.05, 0.1) is 6.61 Å². The van der Waals surface area contributed by atoms with E-state index in [-0.39, 0.29) is 0 Å². The maximum Gasteiger partial charge on any atom is 0.119 e. The van der Waals surface area contributed by atoms with Crippen LogP contribution in [0.25, 0.3) is 10.8 Å². The number of fused-ring (bicyclic) bond motifs is 1. The third-order valence-corrected chi connectivity index (χ3v) is 6.17. The Morgan fingerprint density at radius 2 is 1.69 bits per heavy atom. The van der Waals surface area contributed by atoms with Crippen LogP contribution in [-0.4, -0.2) is 24.1 Å². The molecule has 2 nitrogen and oxygen atoms in total. The Balaban J connectivity index is 1.24. The molecule has 29 heavy (non-hydrogen) atoms. The van der Waals surface area contributed by atoms with Crippen LogP contribution in [0.15, 0.2) is 66.7 Å². The van der Waals surface area contributed by atoms with Crippen molar-refractivity contribution >= 4 is 10.8 Å². The summed E-state index contributed by atoms with van der Waals surface area (Å²) in [5.41, 5.74) is 2.85. The van der Waals surface area contributed by atoms with E-state index in [1.807, 2.05) is 0 Å². The van der Waals surface area contributed by atoms with Crippen molar-refractivity contribution in [1.82, 2.24) is 4.90 Å². The molecule has 0 radical (unpaired) electrons. The highest BCUT2D eigenvalue weighted by molar-refractivity contribution is 5.84. The second-order valence-corrected chi connectivity index (χ2v) is 8.45. The Morgan fingerprint density at radius 3 is 2.52 bits per heavy atom. The van der Waals surface area contributed by atoms with Crippen molar-refractivity contribution in [3.8, 4) is 5.75 Å². The maximum absolute atomic E-state index is 6.01. The molecule has 1 aliphatic heterocycles. The number of likely N-dealkylation sites (tertiary alicyclic amines) is 1. The number of hydrogen-bond acceptors (Lipinski definition) is 2. The standard InChI is InChI=1S/C27H33NO/c1-22-9-8-17-28(22)21-24-13-14-26-20-27(16-15-25(26)19-24)29-18-7-3-6-12-23-10-4-2-5-11-23/h2,4-5,10-11,13-16,19-20,22H,3,6-9,12,17-18,21H2,1H3. The topological polar surface area (TPSA) is 12.5 Å². The lowest BCUT2D eigenvalue weighted by Crippen LogP contribution is -2.26. The number of ether oxygens (including phenoxy) is 1. The van der Waals surface area contributed by atoms with Crippen LogP contribution in [0.4, 0.5) is 0 Å². The van der Waals surface area contributed by atoms with E-state index >= 15 is 0 Å². The van der Waals surface area contributed by atoms with Crippen LogP contribution >= 0.6 is 0 Å². The molecule has 1 atom stereocenters. The van der Waals surface area contributed by atoms with Crippen LogP contribution in [0.5, 0.6) is 5.75 Å². The average molecular weight is 388 g/mol. The highest BCUT2D eigenvalue weighted by atomic mass is 16.5. The second kappa shape index (κ2) is 9.93. The maximum atomic E-state index is 6.01. The van der Waals surface area contributed by atoms with Crippen molar-refractivity contribution in [2.75, 3.05) is 13.2 Å². The summed E-state index contributed by atoms with van der Waals surface area (Å²) in [6, 6.07) is 24.8. The number of rotatable bonds is 9. The first kappa shape index (κ1) is 20.0. The molecule has 4 rings (SSSR count). The molecule has 1 fully saturated rings. The summed E-state index contributed by atoms with van der Waals surface area (Å²) in [7, 11) is 0. The molecule has 0 amide bonds. The van der Waals surface area contributed by atoms with Gasteiger partial charge in [0.1, 0.15) is 5.75 Å². The third kappa shape index (κ3) is 5.61. The summed E-state index contributed by atoms with van der Waals surface area (Å²) in [6.07, 6.45) is 7.37. The van der Waals surface area contributed by atoms with Gasteiger partial charge in [-0.25, -0.2) is 0 Å². The molecule has 3 aromatic carbocycles. The van der Waals surface area contributed by atoms with Crippen molar-refractivity contribution in [3.05, 3.63) is 77.9 Å². The molecular weight excluding hydrogens is 354 g/mol. The predicted octanol–water partition coefficient (Wildman–Crippen LogP) is 6.62. The van der Waals surface area contributed by atoms with Crippen LogP contribution in [0.3, 0.4) is 0 Å². The van der Waals surface area contributed by atoms with Gasteiger partial charge in [-0.15, -0.1) is 0 Å². The lowest BCUT2D eigenvalue weighted by atomic mass is 10.1. The van der Waals surface area contributed by atoms with E-state index in [1.54, 1.807) is 0 Å². The number of benzene rings is 3. The van der Waals surface area contributed by atoms with Crippen molar-refractivity contribution in [2.24, 2.45) is 0 Å². The zero-order chi connectivity index (χ0) is 19.9. The van der Waals surface area contributed by atoms with E-state index < -0.39 is 0 Å². The highest BCUT2D eigenvalue weighted by Gasteiger charge is 2.19. The van der Waals surface area contributed by atoms with Gasteiger partial charge in [0.25, 0.3) is 0 Å². The summed E-state index contributed by atoms with van der Waals surface area (Å²) in [6.45, 7) is 5.44. The highest BCUT2D eigenvalue weighted by Crippen LogP contribution is 2.25. The zero-order valence-electron chi connectivity index (χ0n) is 17.6. The van der Waals surface area contributed by atoms with Crippen LogP contribution < -0.4 is 4.74 Å². The van der Waals surface area contributed by atoms with Gasteiger partial charge in [-0.1, -0.05) is 48.5 Å². The number of aryl methyl sites for hydroxylation is 1. The van der Waals surface area contributed by atoms with Crippen molar-refractivity contribution < 1.29 is 4.74 Å². The van der Waals surface area contributed by atoms with E-state index in [0.29, 0.717) is 6.04 Å². The predicted molar refractivity (Wildman–Crippen MR) is 123 cm³/mol. The Kier molecular flexibility index (Phi) is 6.84. The monoisotopic (exact) mass is 387 g/mol. The second-order valence-electron chi connectivity index (χ2n) is 8.45. The number of nitrogens with zero attached hydrogens (tertiary/aromatic N) is 1. The molecule has 0 N–H and O–H groups in total. The van der Waals surface area contributed by atoms with Gasteiger partial charge in [0, 0.05) is 12.6 Å². The summed E-state index contributed by atoms with van der Waals surface area (Å²) < 4.78 is 6.01. The van der Waals surface area contributed by atoms with Crippen LogP contribution in [0.2, 0.25) is 0 Å². The van der Waals surface area contributed by atoms with E-state index in [0.717, 1.165) is 31.7 Å². The van der Waals surface area contributed by atoms with E-state index in [1.165, 1.54) is 54.1 Å². The summed E-state index contributed by atoms with van der Waals surface area (Å²) in [4.78, 5) is 2.59. The molecule has 0 bridgehead atoms. The Labute approximate surface area is 175 Å². The van der Waals surface area contributed by atoms with Crippen LogP contribution in [0, 0.1) is 0 Å². The van der Waals surface area contributed by atoms with Gasteiger partial charge in [-0.05, 0) is 92.1 Å². The molecule has 1 heterocycles. The molecule has 1 saturated heterocycles. The minimum Gasteiger partial charge on any atom is -0.494 e. The molecule has 3 aromatic rings. The summed E-state index contributed by atoms with van der Waals surface area (Å²) in [5, 5.41) is 2.58. The normalized spacial score (nSPS) is 17.1. The third-order valence-electron chi connectivity index (χ3n) is 6.17. The van der Waals surface area contributed by atoms with Gasteiger partial charge in [0.15, 0.2) is 0 Å². The molecule has 0 spiro atoms. The SMILES string of the molecule is CC1CCCN1Cc1ccc2cc(OCCCCCc3ccccc3)ccc2c1. The van der Waals surface area contributed by atoms with Crippen LogP contribution in [0.1, 0.15) is 50.2 Å². The van der Waals surface area contributed by atoms with Crippen molar-refractivity contribution in [1.29, 1.82) is 0 Å². The first-order valence-electron chi connectivity index (χ1n) is 11.2. The van der Waals surface area contributed by atoms with E-state index in [4.69, 9.17) is 4.74 Å². The fraction of sp³-hybridized carbons (Fsp3) is 0.407. The number of hydrogen-bond donors (Lipinski definition) is 0. The smallest absolute Gasteiger partial charge is 0.119 e. The first-order chi connectivity index (χ1) is 14.3. The fourth-order valence-corrected chi connectivity index (χ4v) is 4.37. The first-order valence-corrected chi connectivity index (χ1v) is 11.2. The number of unbranched alkanes of at least 4 members (excludes halogenated alkanes) is 2. The van der Waals surface area contributed by atoms with Gasteiger partial charge in [-0.3, -0.25) is 4.90 Å². The Morgan fingerprint density at radius 1 is 0.862 bits per heavy atom. The molecule has 1 aliphatic rings. The summed E-state index contributed by atoms with van der Waals surface area (Å²) in [5.74, 6) is 0.987. The molecule has 0 aliphatic carbocycles. The zero-order valence-corrected chi connectivity index (χ0v) is 17.6. The quantitative estimate of drug-likeness (QED) is 0.383. The lowest BCUT2D eigenvalue weighted by molar-refractivity contribution is 0.260. The molecule has 152 valence electrons. The van der Waals surface area contributed by atoms with Crippen molar-refractivity contribution in [2.45, 2.75) is 58.0 Å². The van der Waals surface area contributed by atoms with Crippen LogP contribution in [-0.2, 0) is 13.0 Å².